The fraction of sp³-hybridized carbons (Fsp3) is 0.118. The van der Waals surface area contributed by atoms with Gasteiger partial charge in [0.25, 0.3) is 0 Å². The van der Waals surface area contributed by atoms with Gasteiger partial charge in [0.05, 0.1) is 26.4 Å². The molecule has 0 saturated carbocycles. The van der Waals surface area contributed by atoms with E-state index in [4.69, 9.17) is 28.1 Å². The van der Waals surface area contributed by atoms with E-state index in [1.165, 1.54) is 6.07 Å². The highest BCUT2D eigenvalue weighted by Crippen LogP contribution is 2.39. The lowest BCUT2D eigenvalue weighted by Gasteiger charge is -2.08. The van der Waals surface area contributed by atoms with Crippen LogP contribution in [0.3, 0.4) is 0 Å². The van der Waals surface area contributed by atoms with Crippen molar-refractivity contribution in [1.82, 2.24) is 0 Å². The molecule has 0 aliphatic carbocycles. The van der Waals surface area contributed by atoms with Crippen LogP contribution in [0, 0.1) is 0 Å². The average Bonchev–Trinajstić information content (AvgIpc) is 3.54. The first kappa shape index (κ1) is 26.7. The second kappa shape index (κ2) is 11.2. The Morgan fingerprint density at radius 2 is 1.64 bits per heavy atom. The first-order chi connectivity index (χ1) is 20.5. The lowest BCUT2D eigenvalue weighted by molar-refractivity contribution is 0.0736. The summed E-state index contributed by atoms with van der Waals surface area (Å²) in [6.07, 6.45) is 1.59. The number of methoxy groups -OCH3 is 2. The Balaban J connectivity index is 1.33. The summed E-state index contributed by atoms with van der Waals surface area (Å²) in [6, 6.07) is 24.6. The van der Waals surface area contributed by atoms with E-state index >= 15 is 0 Å². The van der Waals surface area contributed by atoms with Crippen LogP contribution >= 0.6 is 0 Å². The maximum Gasteiger partial charge on any atom is 0.348 e. The van der Waals surface area contributed by atoms with E-state index in [-0.39, 0.29) is 28.6 Å². The number of furan rings is 1. The molecule has 6 rings (SSSR count). The maximum atomic E-state index is 13.7. The number of benzene rings is 4. The number of hydrogen-bond acceptors (Lipinski definition) is 8. The summed E-state index contributed by atoms with van der Waals surface area (Å²) in [5, 5.41) is 0.565. The Morgan fingerprint density at radius 1 is 0.857 bits per heavy atom. The number of ketones is 1. The summed E-state index contributed by atoms with van der Waals surface area (Å²) in [6.45, 7) is 2.36. The topological polar surface area (TPSA) is 93.4 Å². The molecule has 0 unspecified atom stereocenters. The molecule has 1 aromatic heterocycles. The molecule has 0 spiro atoms. The van der Waals surface area contributed by atoms with Gasteiger partial charge in [0, 0.05) is 22.6 Å². The minimum Gasteiger partial charge on any atom is -0.497 e. The van der Waals surface area contributed by atoms with Crippen LogP contribution < -0.4 is 23.7 Å². The number of fused-ring (bicyclic) bond motifs is 2. The summed E-state index contributed by atoms with van der Waals surface area (Å²) >= 11 is 0. The van der Waals surface area contributed by atoms with Gasteiger partial charge in [-0.05, 0) is 61.5 Å². The van der Waals surface area contributed by atoms with Crippen LogP contribution in [0.15, 0.2) is 95.1 Å². The third-order valence-electron chi connectivity index (χ3n) is 6.79. The molecule has 8 nitrogen and oxygen atoms in total. The van der Waals surface area contributed by atoms with Crippen LogP contribution in [0.2, 0.25) is 0 Å². The van der Waals surface area contributed by atoms with Gasteiger partial charge in [-0.25, -0.2) is 4.79 Å². The number of carbonyl (C=O) groups excluding carboxylic acids is 2. The highest BCUT2D eigenvalue weighted by Gasteiger charge is 2.30. The molecule has 0 fully saturated rings. The molecule has 8 heteroatoms. The van der Waals surface area contributed by atoms with E-state index < -0.39 is 5.97 Å². The van der Waals surface area contributed by atoms with Crippen LogP contribution in [0.5, 0.6) is 28.7 Å². The normalized spacial score (nSPS) is 13.1. The summed E-state index contributed by atoms with van der Waals surface area (Å²) in [4.78, 5) is 26.8. The fourth-order valence-electron chi connectivity index (χ4n) is 4.81. The molecule has 0 atom stereocenters. The number of Topliss-reactive ketones (excluding diaryl/α,β-unsaturated/α-hetero) is 1. The van der Waals surface area contributed by atoms with Crippen LogP contribution in [0.25, 0.3) is 28.4 Å². The van der Waals surface area contributed by atoms with Crippen molar-refractivity contribution in [2.75, 3.05) is 20.8 Å². The lowest BCUT2D eigenvalue weighted by Crippen LogP contribution is -2.09. The van der Waals surface area contributed by atoms with E-state index in [9.17, 15) is 9.59 Å². The van der Waals surface area contributed by atoms with Gasteiger partial charge in [-0.1, -0.05) is 30.3 Å². The molecule has 0 N–H and O–H groups in total. The highest BCUT2D eigenvalue weighted by molar-refractivity contribution is 6.15. The monoisotopic (exact) mass is 562 g/mol. The average molecular weight is 563 g/mol. The van der Waals surface area contributed by atoms with Gasteiger partial charge in [0.15, 0.2) is 5.76 Å². The number of hydrogen-bond donors (Lipinski definition) is 0. The minimum atomic E-state index is -0.623. The van der Waals surface area contributed by atoms with Crippen molar-refractivity contribution in [2.24, 2.45) is 0 Å². The van der Waals surface area contributed by atoms with Gasteiger partial charge in [-0.15, -0.1) is 0 Å². The van der Waals surface area contributed by atoms with E-state index in [2.05, 4.69) is 0 Å². The molecule has 0 saturated heterocycles. The van der Waals surface area contributed by atoms with Gasteiger partial charge in [-0.2, -0.15) is 0 Å². The standard InChI is InChI=1S/C34H26O8/c1-4-39-23-12-15-28-26(18-23)31(33(42-28)20-8-6-5-7-9-20)34(36)40-24-10-13-25-29(19-24)41-30(32(25)35)17-21-16-22(37-2)11-14-27(21)38-3/h5-19H,4H2,1-3H3. The number of carbonyl (C=O) groups is 2. The van der Waals surface area contributed by atoms with Crippen molar-refractivity contribution in [3.05, 3.63) is 107 Å². The first-order valence-corrected chi connectivity index (χ1v) is 13.3. The predicted molar refractivity (Wildman–Crippen MR) is 157 cm³/mol. The van der Waals surface area contributed by atoms with Crippen LogP contribution in [0.1, 0.15) is 33.2 Å². The van der Waals surface area contributed by atoms with Gasteiger partial charge in [0.2, 0.25) is 5.78 Å². The zero-order chi connectivity index (χ0) is 29.2. The van der Waals surface area contributed by atoms with Crippen LogP contribution in [0.4, 0.5) is 0 Å². The van der Waals surface area contributed by atoms with Crippen molar-refractivity contribution in [2.45, 2.75) is 6.92 Å². The maximum absolute atomic E-state index is 13.7. The van der Waals surface area contributed by atoms with Gasteiger partial charge in [0.1, 0.15) is 45.7 Å². The molecule has 0 bridgehead atoms. The molecular weight excluding hydrogens is 536 g/mol. The summed E-state index contributed by atoms with van der Waals surface area (Å²) < 4.78 is 34.2. The quantitative estimate of drug-likeness (QED) is 0.110. The predicted octanol–water partition coefficient (Wildman–Crippen LogP) is 7.35. The van der Waals surface area contributed by atoms with Gasteiger partial charge in [-0.3, -0.25) is 4.79 Å². The second-order valence-corrected chi connectivity index (χ2v) is 9.36. The van der Waals surface area contributed by atoms with Crippen LogP contribution in [-0.2, 0) is 0 Å². The zero-order valence-corrected chi connectivity index (χ0v) is 23.1. The van der Waals surface area contributed by atoms with Gasteiger partial charge < -0.3 is 28.1 Å². The summed E-state index contributed by atoms with van der Waals surface area (Å²) in [5.41, 5.74) is 2.48. The molecule has 210 valence electrons. The van der Waals surface area contributed by atoms with E-state index in [0.717, 1.165) is 5.56 Å². The number of allylic oxidation sites excluding steroid dienone is 1. The third-order valence-corrected chi connectivity index (χ3v) is 6.79. The van der Waals surface area contributed by atoms with Crippen molar-refractivity contribution in [3.63, 3.8) is 0 Å². The minimum absolute atomic E-state index is 0.107. The first-order valence-electron chi connectivity index (χ1n) is 13.3. The lowest BCUT2D eigenvalue weighted by atomic mass is 10.1. The molecular formula is C34H26O8. The van der Waals surface area contributed by atoms with Crippen molar-refractivity contribution >= 4 is 28.8 Å². The Labute approximate surface area is 241 Å². The third kappa shape index (κ3) is 4.94. The summed E-state index contributed by atoms with van der Waals surface area (Å²) in [5.74, 6) is 1.82. The van der Waals surface area contributed by atoms with Crippen molar-refractivity contribution < 1.29 is 37.7 Å². The highest BCUT2D eigenvalue weighted by atomic mass is 16.5. The Morgan fingerprint density at radius 3 is 2.40 bits per heavy atom. The smallest absolute Gasteiger partial charge is 0.348 e. The van der Waals surface area contributed by atoms with E-state index in [0.29, 0.717) is 51.7 Å². The fourth-order valence-corrected chi connectivity index (χ4v) is 4.81. The van der Waals surface area contributed by atoms with Crippen LogP contribution in [-0.4, -0.2) is 32.6 Å². The molecule has 5 aromatic rings. The molecule has 4 aromatic carbocycles. The molecule has 1 aliphatic rings. The second-order valence-electron chi connectivity index (χ2n) is 9.36. The zero-order valence-electron chi connectivity index (χ0n) is 23.1. The van der Waals surface area contributed by atoms with Crippen molar-refractivity contribution in [1.29, 1.82) is 0 Å². The number of rotatable bonds is 8. The Kier molecular flexibility index (Phi) is 7.10. The van der Waals surface area contributed by atoms with Crippen molar-refractivity contribution in [3.8, 4) is 40.1 Å². The van der Waals surface area contributed by atoms with E-state index in [1.54, 1.807) is 68.8 Å². The molecule has 0 amide bonds. The number of ether oxygens (including phenoxy) is 5. The Bertz CT molecular complexity index is 1850. The largest absolute Gasteiger partial charge is 0.497 e. The number of esters is 1. The molecule has 2 heterocycles. The van der Waals surface area contributed by atoms with E-state index in [1.807, 2.05) is 37.3 Å². The molecule has 42 heavy (non-hydrogen) atoms. The molecule has 1 aliphatic heterocycles. The Hall–Kier alpha value is -5.50. The summed E-state index contributed by atoms with van der Waals surface area (Å²) in [7, 11) is 3.10. The van der Waals surface area contributed by atoms with Gasteiger partial charge >= 0.3 is 5.97 Å². The SMILES string of the molecule is CCOc1ccc2oc(-c3ccccc3)c(C(=O)Oc3ccc4c(c3)OC(=Cc3cc(OC)ccc3OC)C4=O)c2c1. The molecule has 0 radical (unpaired) electrons.